The van der Waals surface area contributed by atoms with E-state index >= 15 is 0 Å². The van der Waals surface area contributed by atoms with Crippen molar-refractivity contribution in [2.75, 3.05) is 6.54 Å². The van der Waals surface area contributed by atoms with Gasteiger partial charge in [0.2, 0.25) is 6.39 Å². The van der Waals surface area contributed by atoms with Gasteiger partial charge in [-0.3, -0.25) is 0 Å². The summed E-state index contributed by atoms with van der Waals surface area (Å²) in [5.41, 5.74) is 0.308. The number of hydrogen-bond acceptors (Lipinski definition) is 4. The molecule has 0 bridgehead atoms. The van der Waals surface area contributed by atoms with Crippen LogP contribution in [0.5, 0.6) is 0 Å². The van der Waals surface area contributed by atoms with E-state index in [1.165, 1.54) is 12.5 Å². The van der Waals surface area contributed by atoms with Crippen LogP contribution in [0.15, 0.2) is 29.1 Å². The van der Waals surface area contributed by atoms with Crippen molar-refractivity contribution >= 4 is 0 Å². The molecule has 1 unspecified atom stereocenters. The van der Waals surface area contributed by atoms with Crippen molar-refractivity contribution in [2.24, 2.45) is 0 Å². The highest BCUT2D eigenvalue weighted by Crippen LogP contribution is 2.18. The summed E-state index contributed by atoms with van der Waals surface area (Å²) >= 11 is 0. The number of nitrogens with zero attached hydrogens (tertiary/aromatic N) is 2. The van der Waals surface area contributed by atoms with Crippen LogP contribution < -0.4 is 5.32 Å². The summed E-state index contributed by atoms with van der Waals surface area (Å²) in [6.07, 6.45) is 1.82. The Kier molecular flexibility index (Phi) is 3.99. The van der Waals surface area contributed by atoms with Gasteiger partial charge in [-0.1, -0.05) is 17.3 Å². The standard InChI is InChI=1S/C12H13F2N3O/c1-8(9-3-2-4-10(13)12(9)14)15-6-5-11-16-7-18-17-11/h2-4,7-8,15H,5-6H2,1H3. The maximum absolute atomic E-state index is 13.5. The molecule has 1 heterocycles. The van der Waals surface area contributed by atoms with Gasteiger partial charge in [-0.25, -0.2) is 8.78 Å². The second-order valence-electron chi connectivity index (χ2n) is 3.92. The quantitative estimate of drug-likeness (QED) is 0.887. The first-order valence-electron chi connectivity index (χ1n) is 5.61. The summed E-state index contributed by atoms with van der Waals surface area (Å²) < 4.78 is 31.1. The number of rotatable bonds is 5. The average molecular weight is 253 g/mol. The second-order valence-corrected chi connectivity index (χ2v) is 3.92. The molecule has 1 atom stereocenters. The van der Waals surface area contributed by atoms with Crippen LogP contribution in [-0.2, 0) is 6.42 Å². The van der Waals surface area contributed by atoms with Crippen LogP contribution in [0.25, 0.3) is 0 Å². The predicted molar refractivity (Wildman–Crippen MR) is 60.8 cm³/mol. The van der Waals surface area contributed by atoms with E-state index in [9.17, 15) is 8.78 Å². The Balaban J connectivity index is 1.91. The zero-order valence-electron chi connectivity index (χ0n) is 9.86. The molecule has 1 N–H and O–H groups in total. The highest BCUT2D eigenvalue weighted by molar-refractivity contribution is 5.21. The van der Waals surface area contributed by atoms with Gasteiger partial charge in [-0.2, -0.15) is 4.98 Å². The highest BCUT2D eigenvalue weighted by atomic mass is 19.2. The lowest BCUT2D eigenvalue weighted by Crippen LogP contribution is -2.22. The van der Waals surface area contributed by atoms with Crippen LogP contribution in [0.2, 0.25) is 0 Å². The van der Waals surface area contributed by atoms with Crippen molar-refractivity contribution in [2.45, 2.75) is 19.4 Å². The normalized spacial score (nSPS) is 12.6. The summed E-state index contributed by atoms with van der Waals surface area (Å²) in [4.78, 5) is 3.87. The minimum atomic E-state index is -0.834. The number of benzene rings is 1. The summed E-state index contributed by atoms with van der Waals surface area (Å²) in [6.45, 7) is 2.32. The van der Waals surface area contributed by atoms with Gasteiger partial charge >= 0.3 is 0 Å². The molecule has 0 radical (unpaired) electrons. The molecule has 18 heavy (non-hydrogen) atoms. The minimum Gasteiger partial charge on any atom is -0.343 e. The maximum atomic E-state index is 13.5. The molecule has 0 amide bonds. The number of aromatic nitrogens is 2. The first-order chi connectivity index (χ1) is 8.68. The summed E-state index contributed by atoms with van der Waals surface area (Å²) in [6, 6.07) is 3.87. The second kappa shape index (κ2) is 5.68. The van der Waals surface area contributed by atoms with Gasteiger partial charge in [0.05, 0.1) is 0 Å². The predicted octanol–water partition coefficient (Wildman–Crippen LogP) is 2.24. The molecule has 1 aromatic carbocycles. The number of nitrogens with one attached hydrogen (secondary N) is 1. The van der Waals surface area contributed by atoms with Gasteiger partial charge in [0.25, 0.3) is 0 Å². The molecule has 0 saturated heterocycles. The first kappa shape index (κ1) is 12.6. The fourth-order valence-corrected chi connectivity index (χ4v) is 1.67. The molecule has 0 fully saturated rings. The van der Waals surface area contributed by atoms with Crippen molar-refractivity contribution in [3.63, 3.8) is 0 Å². The van der Waals surface area contributed by atoms with Crippen LogP contribution in [0.3, 0.4) is 0 Å². The Morgan fingerprint density at radius 2 is 2.22 bits per heavy atom. The van der Waals surface area contributed by atoms with Gasteiger partial charge < -0.3 is 9.84 Å². The van der Waals surface area contributed by atoms with Gasteiger partial charge in [0, 0.05) is 24.6 Å². The molecular weight excluding hydrogens is 240 g/mol. The molecule has 96 valence electrons. The third-order valence-corrected chi connectivity index (χ3v) is 2.65. The van der Waals surface area contributed by atoms with Crippen LogP contribution in [0.4, 0.5) is 8.78 Å². The fraction of sp³-hybridized carbons (Fsp3) is 0.333. The van der Waals surface area contributed by atoms with E-state index in [0.717, 1.165) is 6.07 Å². The van der Waals surface area contributed by atoms with E-state index in [-0.39, 0.29) is 6.04 Å². The van der Waals surface area contributed by atoms with Crippen molar-refractivity contribution in [3.8, 4) is 0 Å². The smallest absolute Gasteiger partial charge is 0.213 e. The lowest BCUT2D eigenvalue weighted by Gasteiger charge is -2.14. The van der Waals surface area contributed by atoms with E-state index in [4.69, 9.17) is 0 Å². The van der Waals surface area contributed by atoms with Gasteiger partial charge in [-0.05, 0) is 13.0 Å². The minimum absolute atomic E-state index is 0.285. The van der Waals surface area contributed by atoms with Crippen LogP contribution in [-0.4, -0.2) is 16.7 Å². The Hall–Kier alpha value is -1.82. The van der Waals surface area contributed by atoms with E-state index in [1.807, 2.05) is 0 Å². The lowest BCUT2D eigenvalue weighted by atomic mass is 10.1. The largest absolute Gasteiger partial charge is 0.343 e. The highest BCUT2D eigenvalue weighted by Gasteiger charge is 2.13. The molecule has 4 nitrogen and oxygen atoms in total. The molecule has 1 aromatic heterocycles. The zero-order chi connectivity index (χ0) is 13.0. The van der Waals surface area contributed by atoms with E-state index < -0.39 is 11.6 Å². The molecule has 2 aromatic rings. The Bertz CT molecular complexity index is 502. The topological polar surface area (TPSA) is 51.0 Å². The Labute approximate surface area is 103 Å². The fourth-order valence-electron chi connectivity index (χ4n) is 1.67. The van der Waals surface area contributed by atoms with Gasteiger partial charge in [0.15, 0.2) is 17.5 Å². The van der Waals surface area contributed by atoms with Crippen LogP contribution in [0, 0.1) is 11.6 Å². The first-order valence-corrected chi connectivity index (χ1v) is 5.61. The average Bonchev–Trinajstić information content (AvgIpc) is 2.85. The van der Waals surface area contributed by atoms with Crippen molar-refractivity contribution in [1.29, 1.82) is 0 Å². The molecule has 0 aliphatic heterocycles. The van der Waals surface area contributed by atoms with Crippen molar-refractivity contribution < 1.29 is 13.3 Å². The molecule has 0 aliphatic rings. The molecule has 0 aliphatic carbocycles. The van der Waals surface area contributed by atoms with Crippen LogP contribution >= 0.6 is 0 Å². The molecule has 0 spiro atoms. The number of halogens is 2. The Morgan fingerprint density at radius 3 is 2.94 bits per heavy atom. The van der Waals surface area contributed by atoms with E-state index in [1.54, 1.807) is 13.0 Å². The molecule has 0 saturated carbocycles. The Morgan fingerprint density at radius 1 is 1.39 bits per heavy atom. The zero-order valence-corrected chi connectivity index (χ0v) is 9.86. The number of hydrogen-bond donors (Lipinski definition) is 1. The SMILES string of the molecule is CC(NCCc1ncon1)c1cccc(F)c1F. The van der Waals surface area contributed by atoms with E-state index in [0.29, 0.717) is 24.4 Å². The van der Waals surface area contributed by atoms with Crippen molar-refractivity contribution in [3.05, 3.63) is 47.6 Å². The monoisotopic (exact) mass is 253 g/mol. The summed E-state index contributed by atoms with van der Waals surface area (Å²) in [7, 11) is 0. The van der Waals surface area contributed by atoms with Crippen LogP contribution in [0.1, 0.15) is 24.4 Å². The summed E-state index contributed by atoms with van der Waals surface area (Å²) in [5, 5.41) is 6.73. The third-order valence-electron chi connectivity index (χ3n) is 2.65. The van der Waals surface area contributed by atoms with Gasteiger partial charge in [0.1, 0.15) is 0 Å². The molecule has 6 heteroatoms. The third kappa shape index (κ3) is 2.89. The summed E-state index contributed by atoms with van der Waals surface area (Å²) in [5.74, 6) is -1.06. The molecular formula is C12H13F2N3O. The van der Waals surface area contributed by atoms with Gasteiger partial charge in [-0.15, -0.1) is 0 Å². The van der Waals surface area contributed by atoms with E-state index in [2.05, 4.69) is 20.0 Å². The maximum Gasteiger partial charge on any atom is 0.213 e. The van der Waals surface area contributed by atoms with Crippen molar-refractivity contribution in [1.82, 2.24) is 15.5 Å². The molecule has 2 rings (SSSR count). The lowest BCUT2D eigenvalue weighted by molar-refractivity contribution is 0.408.